The predicted octanol–water partition coefficient (Wildman–Crippen LogP) is 2.66. The summed E-state index contributed by atoms with van der Waals surface area (Å²) in [6.45, 7) is 6.46. The summed E-state index contributed by atoms with van der Waals surface area (Å²) in [5.41, 5.74) is 1.23. The molecule has 1 aliphatic carbocycles. The fraction of sp³-hybridized carbons (Fsp3) is 0.600. The maximum atomic E-state index is 5.84. The van der Waals surface area contributed by atoms with Crippen molar-refractivity contribution >= 4 is 0 Å². The first-order valence-corrected chi connectivity index (χ1v) is 9.59. The van der Waals surface area contributed by atoms with Crippen LogP contribution in [-0.4, -0.2) is 46.0 Å². The van der Waals surface area contributed by atoms with Gasteiger partial charge in [0.1, 0.15) is 18.2 Å². The summed E-state index contributed by atoms with van der Waals surface area (Å²) in [4.78, 5) is 2.50. The smallest absolute Gasteiger partial charge is 0.159 e. The van der Waals surface area contributed by atoms with E-state index < -0.39 is 0 Å². The van der Waals surface area contributed by atoms with E-state index in [2.05, 4.69) is 38.7 Å². The average Bonchev–Trinajstić information content (AvgIpc) is 3.42. The summed E-state index contributed by atoms with van der Waals surface area (Å²) < 4.78 is 13.6. The summed E-state index contributed by atoms with van der Waals surface area (Å²) in [5, 5.41) is 8.81. The van der Waals surface area contributed by atoms with Crippen LogP contribution in [0.3, 0.4) is 0 Å². The molecule has 0 saturated heterocycles. The van der Waals surface area contributed by atoms with Crippen molar-refractivity contribution in [3.05, 3.63) is 41.5 Å². The van der Waals surface area contributed by atoms with E-state index in [0.29, 0.717) is 12.6 Å². The van der Waals surface area contributed by atoms with Crippen LogP contribution < -0.4 is 4.74 Å². The molecular weight excluding hydrogens is 328 g/mol. The Hall–Kier alpha value is -1.92. The van der Waals surface area contributed by atoms with Crippen LogP contribution in [0.15, 0.2) is 24.3 Å². The Morgan fingerprint density at radius 3 is 2.81 bits per heavy atom. The third-order valence-electron chi connectivity index (χ3n) is 5.46. The predicted molar refractivity (Wildman–Crippen MR) is 99.0 cm³/mol. The molecule has 26 heavy (non-hydrogen) atoms. The molecule has 1 saturated carbocycles. The van der Waals surface area contributed by atoms with Crippen molar-refractivity contribution in [3.8, 4) is 5.75 Å². The lowest BCUT2D eigenvalue weighted by molar-refractivity contribution is 0.103. The number of fused-ring (bicyclic) bond motifs is 1. The number of nitrogens with zero attached hydrogens (tertiary/aromatic N) is 4. The first-order chi connectivity index (χ1) is 12.7. The zero-order valence-corrected chi connectivity index (χ0v) is 15.7. The fourth-order valence-corrected chi connectivity index (χ4v) is 3.62. The standard InChI is InChI=1S/C20H28N4O2/c1-15-11-19-21-22-20(14-26-13-16-7-8-16)24(19)10-9-23(15)12-17-5-3-4-6-18(17)25-2/h3-6,15-16H,7-14H2,1-2H3/t15-/m0/s1. The molecule has 4 rings (SSSR count). The second kappa shape index (κ2) is 7.76. The second-order valence-corrected chi connectivity index (χ2v) is 7.48. The summed E-state index contributed by atoms with van der Waals surface area (Å²) in [5.74, 6) is 3.77. The molecule has 1 aliphatic heterocycles. The molecule has 0 radical (unpaired) electrons. The molecule has 1 aromatic heterocycles. The van der Waals surface area contributed by atoms with Gasteiger partial charge in [-0.05, 0) is 31.7 Å². The van der Waals surface area contributed by atoms with Crippen molar-refractivity contribution in [1.29, 1.82) is 0 Å². The maximum absolute atomic E-state index is 5.84. The molecule has 0 bridgehead atoms. The lowest BCUT2D eigenvalue weighted by Crippen LogP contribution is -2.34. The molecule has 0 spiro atoms. The molecule has 2 aliphatic rings. The molecule has 0 amide bonds. The number of methoxy groups -OCH3 is 1. The minimum Gasteiger partial charge on any atom is -0.496 e. The quantitative estimate of drug-likeness (QED) is 0.763. The Morgan fingerprint density at radius 2 is 2.00 bits per heavy atom. The monoisotopic (exact) mass is 356 g/mol. The Kier molecular flexibility index (Phi) is 5.22. The van der Waals surface area contributed by atoms with Gasteiger partial charge in [0.2, 0.25) is 0 Å². The first kappa shape index (κ1) is 17.5. The average molecular weight is 356 g/mol. The number of hydrogen-bond donors (Lipinski definition) is 0. The lowest BCUT2D eigenvalue weighted by Gasteiger charge is -2.27. The molecule has 2 aromatic rings. The van der Waals surface area contributed by atoms with Crippen LogP contribution in [0.2, 0.25) is 0 Å². The Morgan fingerprint density at radius 1 is 1.15 bits per heavy atom. The van der Waals surface area contributed by atoms with E-state index in [1.807, 2.05) is 12.1 Å². The van der Waals surface area contributed by atoms with Gasteiger partial charge in [0.15, 0.2) is 5.82 Å². The molecule has 6 heteroatoms. The van der Waals surface area contributed by atoms with Crippen molar-refractivity contribution in [2.24, 2.45) is 5.92 Å². The van der Waals surface area contributed by atoms with Gasteiger partial charge in [-0.15, -0.1) is 10.2 Å². The zero-order valence-electron chi connectivity index (χ0n) is 15.7. The Balaban J connectivity index is 1.42. The topological polar surface area (TPSA) is 52.4 Å². The van der Waals surface area contributed by atoms with Crippen LogP contribution in [0.25, 0.3) is 0 Å². The first-order valence-electron chi connectivity index (χ1n) is 9.59. The van der Waals surface area contributed by atoms with E-state index in [1.54, 1.807) is 7.11 Å². The van der Waals surface area contributed by atoms with Crippen molar-refractivity contribution in [2.45, 2.75) is 51.9 Å². The minimum atomic E-state index is 0.408. The molecule has 1 aromatic carbocycles. The normalized spacial score (nSPS) is 20.6. The van der Waals surface area contributed by atoms with Gasteiger partial charge in [0.05, 0.1) is 7.11 Å². The third kappa shape index (κ3) is 3.91. The number of hydrogen-bond acceptors (Lipinski definition) is 5. The van der Waals surface area contributed by atoms with Gasteiger partial charge in [-0.1, -0.05) is 18.2 Å². The molecule has 6 nitrogen and oxygen atoms in total. The number of ether oxygens (including phenoxy) is 2. The highest BCUT2D eigenvalue weighted by molar-refractivity contribution is 5.33. The van der Waals surface area contributed by atoms with E-state index >= 15 is 0 Å². The maximum Gasteiger partial charge on any atom is 0.159 e. The van der Waals surface area contributed by atoms with E-state index in [9.17, 15) is 0 Å². The van der Waals surface area contributed by atoms with Gasteiger partial charge in [-0.3, -0.25) is 4.90 Å². The van der Waals surface area contributed by atoms with Crippen LogP contribution in [0, 0.1) is 5.92 Å². The lowest BCUT2D eigenvalue weighted by atomic mass is 10.1. The largest absolute Gasteiger partial charge is 0.496 e. The van der Waals surface area contributed by atoms with Crippen molar-refractivity contribution in [3.63, 3.8) is 0 Å². The highest BCUT2D eigenvalue weighted by Gasteiger charge is 2.25. The van der Waals surface area contributed by atoms with Crippen molar-refractivity contribution in [2.75, 3.05) is 20.3 Å². The SMILES string of the molecule is COc1ccccc1CN1CCn2c(COCC3CC3)nnc2C[C@@H]1C. The van der Waals surface area contributed by atoms with E-state index in [0.717, 1.165) is 56.0 Å². The van der Waals surface area contributed by atoms with Gasteiger partial charge in [-0.25, -0.2) is 0 Å². The highest BCUT2D eigenvalue weighted by Crippen LogP contribution is 2.29. The molecule has 140 valence electrons. The third-order valence-corrected chi connectivity index (χ3v) is 5.46. The Bertz CT molecular complexity index is 741. The van der Waals surface area contributed by atoms with E-state index in [1.165, 1.54) is 18.4 Å². The van der Waals surface area contributed by atoms with Gasteiger partial charge >= 0.3 is 0 Å². The Labute approximate surface area is 155 Å². The summed E-state index contributed by atoms with van der Waals surface area (Å²) in [7, 11) is 1.74. The van der Waals surface area contributed by atoms with Crippen LogP contribution >= 0.6 is 0 Å². The van der Waals surface area contributed by atoms with Crippen LogP contribution in [0.1, 0.15) is 37.0 Å². The number of para-hydroxylation sites is 1. The molecular formula is C20H28N4O2. The highest BCUT2D eigenvalue weighted by atomic mass is 16.5. The summed E-state index contributed by atoms with van der Waals surface area (Å²) in [6, 6.07) is 8.68. The van der Waals surface area contributed by atoms with Crippen molar-refractivity contribution < 1.29 is 9.47 Å². The van der Waals surface area contributed by atoms with Crippen LogP contribution in [0.5, 0.6) is 5.75 Å². The van der Waals surface area contributed by atoms with Crippen molar-refractivity contribution in [1.82, 2.24) is 19.7 Å². The zero-order chi connectivity index (χ0) is 17.9. The van der Waals surface area contributed by atoms with Crippen LogP contribution in [0.4, 0.5) is 0 Å². The van der Waals surface area contributed by atoms with Gasteiger partial charge < -0.3 is 14.0 Å². The van der Waals surface area contributed by atoms with Gasteiger partial charge in [0, 0.05) is 44.3 Å². The summed E-state index contributed by atoms with van der Waals surface area (Å²) >= 11 is 0. The molecule has 2 heterocycles. The minimum absolute atomic E-state index is 0.408. The molecule has 1 fully saturated rings. The number of aromatic nitrogens is 3. The number of benzene rings is 1. The van der Waals surface area contributed by atoms with Gasteiger partial charge in [0.25, 0.3) is 0 Å². The second-order valence-electron chi connectivity index (χ2n) is 7.48. The molecule has 0 unspecified atom stereocenters. The fourth-order valence-electron chi connectivity index (χ4n) is 3.62. The van der Waals surface area contributed by atoms with Gasteiger partial charge in [-0.2, -0.15) is 0 Å². The molecule has 0 N–H and O–H groups in total. The van der Waals surface area contributed by atoms with E-state index in [-0.39, 0.29) is 0 Å². The summed E-state index contributed by atoms with van der Waals surface area (Å²) in [6.07, 6.45) is 3.53. The van der Waals surface area contributed by atoms with E-state index in [4.69, 9.17) is 9.47 Å². The number of rotatable bonds is 7. The van der Waals surface area contributed by atoms with Crippen LogP contribution in [-0.2, 0) is 30.9 Å². The molecule has 1 atom stereocenters.